The molecule has 0 radical (unpaired) electrons. The van der Waals surface area contributed by atoms with Crippen molar-refractivity contribution < 1.29 is 20.1 Å². The number of nitrogens with zero attached hydrogens (tertiary/aromatic N) is 1. The predicted octanol–water partition coefficient (Wildman–Crippen LogP) is -0.916. The smallest absolute Gasteiger partial charge is 0.226 e. The van der Waals surface area contributed by atoms with Crippen LogP contribution in [-0.2, 0) is 4.79 Å². The number of carbonyl (C=O) groups excluding carboxylic acids is 1. The molecule has 1 saturated heterocycles. The second-order valence-corrected chi connectivity index (χ2v) is 2.89. The number of aliphatic hydroxyl groups is 3. The third-order valence-corrected chi connectivity index (χ3v) is 1.75. The summed E-state index contributed by atoms with van der Waals surface area (Å²) < 4.78 is 0. The van der Waals surface area contributed by atoms with Crippen molar-refractivity contribution in [2.75, 3.05) is 19.8 Å². The van der Waals surface area contributed by atoms with E-state index in [9.17, 15) is 4.79 Å². The lowest BCUT2D eigenvalue weighted by Gasteiger charge is -2.05. The molecule has 1 fully saturated rings. The van der Waals surface area contributed by atoms with Gasteiger partial charge in [-0.05, 0) is 12.6 Å². The Balaban J connectivity index is 0.000000255. The maximum atomic E-state index is 10.7. The minimum atomic E-state index is -0.954. The van der Waals surface area contributed by atoms with Crippen LogP contribution in [-0.4, -0.2) is 52.0 Å². The number of hydrogen-bond donors (Lipinski definition) is 3. The number of hydrogen-bond acceptors (Lipinski definition) is 4. The first-order chi connectivity index (χ1) is 6.65. The maximum absolute atomic E-state index is 10.7. The van der Waals surface area contributed by atoms with Crippen LogP contribution in [0.1, 0.15) is 12.8 Å². The summed E-state index contributed by atoms with van der Waals surface area (Å²) in [6.07, 6.45) is 2.33. The monoisotopic (exact) mass is 203 g/mol. The summed E-state index contributed by atoms with van der Waals surface area (Å²) in [6, 6.07) is 0. The number of amides is 1. The highest BCUT2D eigenvalue weighted by Crippen LogP contribution is 2.08. The van der Waals surface area contributed by atoms with Crippen molar-refractivity contribution in [1.82, 2.24) is 4.90 Å². The second-order valence-electron chi connectivity index (χ2n) is 2.89. The number of likely N-dealkylation sites (tertiary alicyclic amines) is 1. The zero-order valence-corrected chi connectivity index (χ0v) is 8.09. The van der Waals surface area contributed by atoms with Crippen LogP contribution in [0.15, 0.2) is 12.8 Å². The lowest BCUT2D eigenvalue weighted by molar-refractivity contribution is -0.125. The summed E-state index contributed by atoms with van der Waals surface area (Å²) in [5, 5.41) is 24.0. The van der Waals surface area contributed by atoms with E-state index in [1.807, 2.05) is 0 Å². The molecule has 1 aliphatic heterocycles. The van der Waals surface area contributed by atoms with Crippen molar-refractivity contribution in [3.8, 4) is 0 Å². The van der Waals surface area contributed by atoms with E-state index in [1.165, 1.54) is 0 Å². The van der Waals surface area contributed by atoms with Gasteiger partial charge in [0.2, 0.25) is 5.91 Å². The summed E-state index contributed by atoms with van der Waals surface area (Å²) in [6.45, 7) is 3.63. The Morgan fingerprint density at radius 3 is 2.21 bits per heavy atom. The normalized spacial score (nSPS) is 15.4. The average molecular weight is 203 g/mol. The van der Waals surface area contributed by atoms with Crippen LogP contribution < -0.4 is 0 Å². The van der Waals surface area contributed by atoms with Gasteiger partial charge in [-0.25, -0.2) is 0 Å². The lowest BCUT2D eigenvalue weighted by atomic mass is 10.4. The van der Waals surface area contributed by atoms with Crippen molar-refractivity contribution in [2.45, 2.75) is 18.9 Å². The van der Waals surface area contributed by atoms with Crippen LogP contribution >= 0.6 is 0 Å². The van der Waals surface area contributed by atoms with Crippen molar-refractivity contribution in [3.05, 3.63) is 12.8 Å². The van der Waals surface area contributed by atoms with Crippen LogP contribution in [0.4, 0.5) is 0 Å². The van der Waals surface area contributed by atoms with Gasteiger partial charge in [-0.1, -0.05) is 6.58 Å². The van der Waals surface area contributed by atoms with E-state index in [0.717, 1.165) is 13.0 Å². The molecule has 5 heteroatoms. The first-order valence-corrected chi connectivity index (χ1v) is 4.47. The number of carbonyl (C=O) groups is 1. The van der Waals surface area contributed by atoms with E-state index in [0.29, 0.717) is 6.42 Å². The molecular weight excluding hydrogens is 186 g/mol. The van der Waals surface area contributed by atoms with Crippen molar-refractivity contribution in [2.24, 2.45) is 0 Å². The third kappa shape index (κ3) is 4.96. The Bertz CT molecular complexity index is 180. The van der Waals surface area contributed by atoms with E-state index in [-0.39, 0.29) is 19.1 Å². The van der Waals surface area contributed by atoms with Gasteiger partial charge < -0.3 is 20.2 Å². The molecule has 0 atom stereocenters. The van der Waals surface area contributed by atoms with Crippen molar-refractivity contribution >= 4 is 5.91 Å². The molecule has 0 aromatic carbocycles. The molecule has 3 N–H and O–H groups in total. The summed E-state index contributed by atoms with van der Waals surface area (Å²) in [5.41, 5.74) is 0. The van der Waals surface area contributed by atoms with Gasteiger partial charge in [0.15, 0.2) is 0 Å². The van der Waals surface area contributed by atoms with Gasteiger partial charge in [-0.15, -0.1) is 0 Å². The Morgan fingerprint density at radius 1 is 1.50 bits per heavy atom. The van der Waals surface area contributed by atoms with Crippen LogP contribution in [0.2, 0.25) is 0 Å². The molecule has 1 heterocycles. The molecule has 0 unspecified atom stereocenters. The van der Waals surface area contributed by atoms with Crippen molar-refractivity contribution in [3.63, 3.8) is 0 Å². The Kier molecular flexibility index (Phi) is 7.00. The maximum Gasteiger partial charge on any atom is 0.226 e. The molecule has 82 valence electrons. The largest absolute Gasteiger partial charge is 0.394 e. The topological polar surface area (TPSA) is 81.0 Å². The van der Waals surface area contributed by atoms with E-state index in [4.69, 9.17) is 15.3 Å². The minimum Gasteiger partial charge on any atom is -0.394 e. The summed E-state index contributed by atoms with van der Waals surface area (Å²) >= 11 is 0. The average Bonchev–Trinajstić information content (AvgIpc) is 2.63. The first-order valence-electron chi connectivity index (χ1n) is 4.47. The molecule has 1 rings (SSSR count). The number of rotatable bonds is 3. The van der Waals surface area contributed by atoms with Crippen LogP contribution in [0.3, 0.4) is 0 Å². The highest BCUT2D eigenvalue weighted by atomic mass is 16.3. The molecular formula is C9H17NO4. The Hall–Kier alpha value is -0.910. The predicted molar refractivity (Wildman–Crippen MR) is 51.3 cm³/mol. The lowest BCUT2D eigenvalue weighted by Crippen LogP contribution is -2.16. The fourth-order valence-electron chi connectivity index (χ4n) is 0.920. The highest BCUT2D eigenvalue weighted by Gasteiger charge is 2.15. The fourth-order valence-corrected chi connectivity index (χ4v) is 0.920. The quantitative estimate of drug-likeness (QED) is 0.554. The zero-order valence-electron chi connectivity index (χ0n) is 8.09. The molecule has 0 bridgehead atoms. The van der Waals surface area contributed by atoms with Crippen LogP contribution in [0.5, 0.6) is 0 Å². The Labute approximate surface area is 83.3 Å². The van der Waals surface area contributed by atoms with E-state index in [2.05, 4.69) is 6.58 Å². The molecule has 0 spiro atoms. The summed E-state index contributed by atoms with van der Waals surface area (Å²) in [4.78, 5) is 12.3. The standard InChI is InChI=1S/C6H9NO.C3H8O3/c1-2-7-5-3-4-6(7)8;4-1-3(6)2-5/h2H,1,3-5H2;3-6H,1-2H2. The van der Waals surface area contributed by atoms with Gasteiger partial charge in [-0.2, -0.15) is 0 Å². The van der Waals surface area contributed by atoms with E-state index in [1.54, 1.807) is 11.1 Å². The molecule has 0 aromatic heterocycles. The van der Waals surface area contributed by atoms with Gasteiger partial charge in [0.25, 0.3) is 0 Å². The summed E-state index contributed by atoms with van der Waals surface area (Å²) in [5.74, 6) is 0.208. The summed E-state index contributed by atoms with van der Waals surface area (Å²) in [7, 11) is 0. The number of aliphatic hydroxyl groups excluding tert-OH is 3. The molecule has 1 amide bonds. The molecule has 5 nitrogen and oxygen atoms in total. The molecule has 0 aromatic rings. The minimum absolute atomic E-state index is 0.208. The van der Waals surface area contributed by atoms with Crippen molar-refractivity contribution in [1.29, 1.82) is 0 Å². The zero-order chi connectivity index (χ0) is 11.0. The molecule has 0 saturated carbocycles. The second kappa shape index (κ2) is 7.49. The van der Waals surface area contributed by atoms with Gasteiger partial charge in [0.05, 0.1) is 13.2 Å². The van der Waals surface area contributed by atoms with Crippen LogP contribution in [0.25, 0.3) is 0 Å². The highest BCUT2D eigenvalue weighted by molar-refractivity contribution is 5.78. The van der Waals surface area contributed by atoms with E-state index >= 15 is 0 Å². The third-order valence-electron chi connectivity index (χ3n) is 1.75. The van der Waals surface area contributed by atoms with Gasteiger partial charge in [0, 0.05) is 13.0 Å². The van der Waals surface area contributed by atoms with E-state index < -0.39 is 6.10 Å². The van der Waals surface area contributed by atoms with Gasteiger partial charge in [0.1, 0.15) is 6.10 Å². The molecule has 1 aliphatic rings. The van der Waals surface area contributed by atoms with Gasteiger partial charge >= 0.3 is 0 Å². The fraction of sp³-hybridized carbons (Fsp3) is 0.667. The molecule has 14 heavy (non-hydrogen) atoms. The SMILES string of the molecule is C=CN1CCCC1=O.OCC(O)CO. The molecule has 0 aliphatic carbocycles. The Morgan fingerprint density at radius 2 is 2.07 bits per heavy atom. The first kappa shape index (κ1) is 13.1. The van der Waals surface area contributed by atoms with Gasteiger partial charge in [-0.3, -0.25) is 4.79 Å². The van der Waals surface area contributed by atoms with Crippen LogP contribution in [0, 0.1) is 0 Å².